The van der Waals surface area contributed by atoms with Crippen LogP contribution >= 0.6 is 0 Å². The highest BCUT2D eigenvalue weighted by Gasteiger charge is 2.49. The molecule has 1 spiro atoms. The molecule has 4 rings (SSSR count). The summed E-state index contributed by atoms with van der Waals surface area (Å²) in [6.45, 7) is 3.00. The maximum atomic E-state index is 11.8. The second-order valence-corrected chi connectivity index (χ2v) is 6.23. The zero-order chi connectivity index (χ0) is 13.0. The van der Waals surface area contributed by atoms with Crippen molar-refractivity contribution in [3.05, 3.63) is 29.3 Å². The highest BCUT2D eigenvalue weighted by molar-refractivity contribution is 5.98. The molecule has 1 aromatic rings. The third-order valence-electron chi connectivity index (χ3n) is 4.69. The first-order valence-corrected chi connectivity index (χ1v) is 6.91. The average molecular weight is 258 g/mol. The third kappa shape index (κ3) is 1.66. The van der Waals surface area contributed by atoms with Crippen LogP contribution in [0.15, 0.2) is 18.2 Å². The number of hydrogen-bond donors (Lipinski definition) is 1. The summed E-state index contributed by atoms with van der Waals surface area (Å²) in [5.41, 5.74) is 2.45. The molecule has 4 nitrogen and oxygen atoms in total. The lowest BCUT2D eigenvalue weighted by Gasteiger charge is -2.53. The van der Waals surface area contributed by atoms with E-state index in [-0.39, 0.29) is 5.91 Å². The van der Waals surface area contributed by atoms with Crippen LogP contribution in [0.4, 0.5) is 0 Å². The Hall–Kier alpha value is -1.55. The number of hydrogen-bond acceptors (Lipinski definition) is 3. The summed E-state index contributed by atoms with van der Waals surface area (Å²) >= 11 is 0. The molecule has 0 radical (unpaired) electrons. The lowest BCUT2D eigenvalue weighted by atomic mass is 9.63. The molecule has 100 valence electrons. The normalized spacial score (nSPS) is 24.1. The second kappa shape index (κ2) is 3.73. The number of fused-ring (bicyclic) bond motifs is 1. The molecule has 1 saturated carbocycles. The van der Waals surface area contributed by atoms with Gasteiger partial charge in [0.1, 0.15) is 5.75 Å². The molecule has 2 heterocycles. The Balaban J connectivity index is 1.46. The summed E-state index contributed by atoms with van der Waals surface area (Å²) in [4.78, 5) is 13.6. The number of amides is 1. The molecule has 2 fully saturated rings. The highest BCUT2D eigenvalue weighted by Crippen LogP contribution is 2.45. The van der Waals surface area contributed by atoms with Gasteiger partial charge in [-0.05, 0) is 36.6 Å². The van der Waals surface area contributed by atoms with Crippen molar-refractivity contribution in [3.8, 4) is 5.75 Å². The molecule has 1 saturated heterocycles. The van der Waals surface area contributed by atoms with Crippen molar-refractivity contribution in [2.24, 2.45) is 5.41 Å². The van der Waals surface area contributed by atoms with Crippen molar-refractivity contribution in [2.45, 2.75) is 25.5 Å². The van der Waals surface area contributed by atoms with Gasteiger partial charge in [-0.25, -0.2) is 0 Å². The maximum absolute atomic E-state index is 11.8. The Morgan fingerprint density at radius 2 is 2.16 bits per heavy atom. The minimum Gasteiger partial charge on any atom is -0.490 e. The van der Waals surface area contributed by atoms with E-state index < -0.39 is 0 Å². The van der Waals surface area contributed by atoms with Gasteiger partial charge in [0, 0.05) is 37.7 Å². The number of benzene rings is 1. The minimum atomic E-state index is 0.115. The molecule has 1 amide bonds. The van der Waals surface area contributed by atoms with Gasteiger partial charge in [0.25, 0.3) is 5.91 Å². The van der Waals surface area contributed by atoms with E-state index in [1.54, 1.807) is 4.90 Å². The molecule has 1 aromatic carbocycles. The van der Waals surface area contributed by atoms with Crippen molar-refractivity contribution in [2.75, 3.05) is 20.1 Å². The standard InChI is InChI=1S/C15H18N2O2/c1-17-7-10-4-11(2-3-13(10)14(17)18)19-12-5-15(6-12)8-16-9-15/h2-4,12,16H,5-9H2,1H3. The molecule has 19 heavy (non-hydrogen) atoms. The SMILES string of the molecule is CN1Cc2cc(OC3CC4(CNC4)C3)ccc2C1=O. The maximum Gasteiger partial charge on any atom is 0.254 e. The quantitative estimate of drug-likeness (QED) is 0.872. The molecule has 2 aliphatic heterocycles. The molecular weight excluding hydrogens is 240 g/mol. The Labute approximate surface area is 112 Å². The topological polar surface area (TPSA) is 41.6 Å². The third-order valence-corrected chi connectivity index (χ3v) is 4.69. The van der Waals surface area contributed by atoms with Crippen LogP contribution in [0, 0.1) is 5.41 Å². The smallest absolute Gasteiger partial charge is 0.254 e. The van der Waals surface area contributed by atoms with E-state index in [4.69, 9.17) is 4.74 Å². The van der Waals surface area contributed by atoms with Gasteiger partial charge in [-0.15, -0.1) is 0 Å². The zero-order valence-corrected chi connectivity index (χ0v) is 11.1. The molecular formula is C15H18N2O2. The zero-order valence-electron chi connectivity index (χ0n) is 11.1. The van der Waals surface area contributed by atoms with Gasteiger partial charge >= 0.3 is 0 Å². The van der Waals surface area contributed by atoms with Crippen LogP contribution < -0.4 is 10.1 Å². The largest absolute Gasteiger partial charge is 0.490 e. The molecule has 3 aliphatic rings. The average Bonchev–Trinajstić information content (AvgIpc) is 2.56. The van der Waals surface area contributed by atoms with Crippen LogP contribution in [-0.2, 0) is 6.54 Å². The molecule has 0 atom stereocenters. The van der Waals surface area contributed by atoms with Crippen LogP contribution in [0.1, 0.15) is 28.8 Å². The van der Waals surface area contributed by atoms with E-state index in [1.807, 2.05) is 25.2 Å². The van der Waals surface area contributed by atoms with E-state index in [0.29, 0.717) is 18.1 Å². The Kier molecular flexibility index (Phi) is 2.22. The lowest BCUT2D eigenvalue weighted by molar-refractivity contribution is -0.0495. The number of rotatable bonds is 2. The highest BCUT2D eigenvalue weighted by atomic mass is 16.5. The van der Waals surface area contributed by atoms with Crippen molar-refractivity contribution >= 4 is 5.91 Å². The summed E-state index contributed by atoms with van der Waals surface area (Å²) < 4.78 is 6.02. The van der Waals surface area contributed by atoms with E-state index in [2.05, 4.69) is 5.32 Å². The first-order valence-electron chi connectivity index (χ1n) is 6.91. The summed E-state index contributed by atoms with van der Waals surface area (Å²) in [6, 6.07) is 5.86. The van der Waals surface area contributed by atoms with Gasteiger partial charge in [0.2, 0.25) is 0 Å². The van der Waals surface area contributed by atoms with Crippen molar-refractivity contribution < 1.29 is 9.53 Å². The number of nitrogens with zero attached hydrogens (tertiary/aromatic N) is 1. The van der Waals surface area contributed by atoms with E-state index in [1.165, 1.54) is 0 Å². The van der Waals surface area contributed by atoms with Gasteiger partial charge in [-0.1, -0.05) is 0 Å². The van der Waals surface area contributed by atoms with Crippen molar-refractivity contribution in [3.63, 3.8) is 0 Å². The van der Waals surface area contributed by atoms with E-state index in [0.717, 1.165) is 42.8 Å². The van der Waals surface area contributed by atoms with Crippen molar-refractivity contribution in [1.82, 2.24) is 10.2 Å². The van der Waals surface area contributed by atoms with Gasteiger partial charge in [-0.2, -0.15) is 0 Å². The Bertz CT molecular complexity index is 543. The van der Waals surface area contributed by atoms with Crippen LogP contribution in [0.25, 0.3) is 0 Å². The molecule has 0 aromatic heterocycles. The molecule has 0 unspecified atom stereocenters. The van der Waals surface area contributed by atoms with E-state index >= 15 is 0 Å². The number of ether oxygens (including phenoxy) is 1. The second-order valence-electron chi connectivity index (χ2n) is 6.23. The summed E-state index contributed by atoms with van der Waals surface area (Å²) in [5, 5.41) is 3.33. The Morgan fingerprint density at radius 3 is 2.84 bits per heavy atom. The molecule has 0 bridgehead atoms. The van der Waals surface area contributed by atoms with Gasteiger partial charge in [-0.3, -0.25) is 4.79 Å². The summed E-state index contributed by atoms with van der Waals surface area (Å²) in [5.74, 6) is 1.03. The van der Waals surface area contributed by atoms with Crippen LogP contribution in [-0.4, -0.2) is 37.0 Å². The monoisotopic (exact) mass is 258 g/mol. The van der Waals surface area contributed by atoms with E-state index in [9.17, 15) is 4.79 Å². The summed E-state index contributed by atoms with van der Waals surface area (Å²) in [6.07, 6.45) is 2.68. The fraction of sp³-hybridized carbons (Fsp3) is 0.533. The number of carbonyl (C=O) groups is 1. The lowest BCUT2D eigenvalue weighted by Crippen LogP contribution is -2.62. The fourth-order valence-corrected chi connectivity index (χ4v) is 3.46. The van der Waals surface area contributed by atoms with Crippen LogP contribution in [0.5, 0.6) is 5.75 Å². The fourth-order valence-electron chi connectivity index (χ4n) is 3.46. The first-order chi connectivity index (χ1) is 9.15. The van der Waals surface area contributed by atoms with Crippen molar-refractivity contribution in [1.29, 1.82) is 0 Å². The number of nitrogens with one attached hydrogen (secondary N) is 1. The van der Waals surface area contributed by atoms with Gasteiger partial charge in [0.15, 0.2) is 0 Å². The Morgan fingerprint density at radius 1 is 1.37 bits per heavy atom. The molecule has 4 heteroatoms. The summed E-state index contributed by atoms with van der Waals surface area (Å²) in [7, 11) is 1.84. The van der Waals surface area contributed by atoms with Gasteiger partial charge < -0.3 is 15.0 Å². The minimum absolute atomic E-state index is 0.115. The number of carbonyl (C=O) groups excluding carboxylic acids is 1. The predicted molar refractivity (Wildman–Crippen MR) is 71.2 cm³/mol. The molecule has 1 aliphatic carbocycles. The predicted octanol–water partition coefficient (Wildman–Crippen LogP) is 1.40. The first kappa shape index (κ1) is 11.3. The van der Waals surface area contributed by atoms with Gasteiger partial charge in [0.05, 0.1) is 6.10 Å². The van der Waals surface area contributed by atoms with Crippen LogP contribution in [0.2, 0.25) is 0 Å². The molecule has 1 N–H and O–H groups in total. The van der Waals surface area contributed by atoms with Crippen LogP contribution in [0.3, 0.4) is 0 Å².